The molecule has 0 aromatic carbocycles. The largest absolute Gasteiger partial charge is 0.400 e. The molecule has 0 bridgehead atoms. The highest BCUT2D eigenvalue weighted by Crippen LogP contribution is 2.03. The first-order chi connectivity index (χ1) is 4.85. The van der Waals surface area contributed by atoms with Crippen LogP contribution in [-0.2, 0) is 8.85 Å². The summed E-state index contributed by atoms with van der Waals surface area (Å²) in [4.78, 5) is 0. The predicted molar refractivity (Wildman–Crippen MR) is 45.8 cm³/mol. The van der Waals surface area contributed by atoms with Crippen molar-refractivity contribution >= 4 is 17.1 Å². The average Bonchev–Trinajstić information content (AvgIpc) is 1.99. The van der Waals surface area contributed by atoms with Gasteiger partial charge in [-0.3, -0.25) is 0 Å². The molecular formula is C6H15BO2Si. The topological polar surface area (TPSA) is 18.5 Å². The van der Waals surface area contributed by atoms with Gasteiger partial charge in [0.25, 0.3) is 0 Å². The second-order valence-corrected chi connectivity index (χ2v) is 4.56. The summed E-state index contributed by atoms with van der Waals surface area (Å²) in [5.74, 6) is 0. The highest BCUT2D eigenvalue weighted by molar-refractivity contribution is 6.44. The van der Waals surface area contributed by atoms with Gasteiger partial charge in [-0.15, -0.1) is 0 Å². The van der Waals surface area contributed by atoms with Crippen LogP contribution in [0.3, 0.4) is 0 Å². The second-order valence-electron chi connectivity index (χ2n) is 2.19. The fraction of sp³-hybridized carbons (Fsp3) is 1.00. The first-order valence-corrected chi connectivity index (χ1v) is 5.36. The van der Waals surface area contributed by atoms with Crippen LogP contribution in [0.1, 0.15) is 12.8 Å². The third kappa shape index (κ3) is 5.02. The molecule has 2 radical (unpaired) electrons. The van der Waals surface area contributed by atoms with E-state index in [4.69, 9.17) is 16.7 Å². The van der Waals surface area contributed by atoms with Crippen molar-refractivity contribution < 1.29 is 8.85 Å². The third-order valence-electron chi connectivity index (χ3n) is 1.42. The van der Waals surface area contributed by atoms with Crippen molar-refractivity contribution in [3.8, 4) is 0 Å². The van der Waals surface area contributed by atoms with E-state index in [9.17, 15) is 0 Å². The Balaban J connectivity index is 3.09. The summed E-state index contributed by atoms with van der Waals surface area (Å²) in [6, 6.07) is 1.07. The minimum absolute atomic E-state index is 0.772. The van der Waals surface area contributed by atoms with Gasteiger partial charge < -0.3 is 8.85 Å². The van der Waals surface area contributed by atoms with E-state index in [-0.39, 0.29) is 0 Å². The Morgan fingerprint density at radius 1 is 1.20 bits per heavy atom. The van der Waals surface area contributed by atoms with Gasteiger partial charge >= 0.3 is 9.28 Å². The van der Waals surface area contributed by atoms with Crippen LogP contribution >= 0.6 is 0 Å². The quantitative estimate of drug-likeness (QED) is 0.421. The first kappa shape index (κ1) is 10.2. The zero-order chi connectivity index (χ0) is 7.82. The molecule has 0 aromatic heterocycles. The Bertz CT molecular complexity index is 68.8. The van der Waals surface area contributed by atoms with Crippen LogP contribution in [0.4, 0.5) is 0 Å². The minimum Gasteiger partial charge on any atom is -0.400 e. The molecule has 0 aliphatic heterocycles. The smallest absolute Gasteiger partial charge is 0.320 e. The summed E-state index contributed by atoms with van der Waals surface area (Å²) < 4.78 is 10.2. The lowest BCUT2D eigenvalue weighted by molar-refractivity contribution is 0.276. The lowest BCUT2D eigenvalue weighted by Gasteiger charge is -2.09. The fourth-order valence-corrected chi connectivity index (χ4v) is 2.07. The standard InChI is InChI=1S/C6H15BO2Si/c1-8-10(9-2)6-4-3-5-7/h10H,3-6H2,1-2H3. The van der Waals surface area contributed by atoms with Crippen LogP contribution in [-0.4, -0.2) is 31.3 Å². The maximum atomic E-state index is 5.33. The van der Waals surface area contributed by atoms with Crippen molar-refractivity contribution in [2.45, 2.75) is 25.2 Å². The van der Waals surface area contributed by atoms with Gasteiger partial charge in [0.2, 0.25) is 0 Å². The lowest BCUT2D eigenvalue weighted by atomic mass is 10.0. The van der Waals surface area contributed by atoms with Gasteiger partial charge in [0.1, 0.15) is 0 Å². The van der Waals surface area contributed by atoms with Crippen molar-refractivity contribution in [2.24, 2.45) is 0 Å². The van der Waals surface area contributed by atoms with Crippen LogP contribution in [0, 0.1) is 0 Å². The third-order valence-corrected chi connectivity index (χ3v) is 3.35. The molecule has 0 saturated carbocycles. The van der Waals surface area contributed by atoms with E-state index in [2.05, 4.69) is 0 Å². The van der Waals surface area contributed by atoms with E-state index in [0.717, 1.165) is 25.2 Å². The highest BCUT2D eigenvalue weighted by atomic mass is 28.3. The first-order valence-electron chi connectivity index (χ1n) is 3.60. The van der Waals surface area contributed by atoms with E-state index >= 15 is 0 Å². The van der Waals surface area contributed by atoms with E-state index in [1.807, 2.05) is 0 Å². The molecule has 10 heavy (non-hydrogen) atoms. The van der Waals surface area contributed by atoms with Crippen LogP contribution in [0.15, 0.2) is 0 Å². The Morgan fingerprint density at radius 3 is 2.20 bits per heavy atom. The van der Waals surface area contributed by atoms with Crippen molar-refractivity contribution in [2.75, 3.05) is 14.2 Å². The number of hydrogen-bond acceptors (Lipinski definition) is 2. The normalized spacial score (nSPS) is 10.7. The zero-order valence-corrected chi connectivity index (χ0v) is 7.95. The average molecular weight is 158 g/mol. The molecule has 58 valence electrons. The Kier molecular flexibility index (Phi) is 7.46. The monoisotopic (exact) mass is 158 g/mol. The van der Waals surface area contributed by atoms with Crippen LogP contribution < -0.4 is 0 Å². The number of hydrogen-bond donors (Lipinski definition) is 0. The van der Waals surface area contributed by atoms with Gasteiger partial charge in [-0.1, -0.05) is 19.2 Å². The fourth-order valence-electron chi connectivity index (χ4n) is 0.787. The zero-order valence-electron chi connectivity index (χ0n) is 6.80. The summed E-state index contributed by atoms with van der Waals surface area (Å²) in [6.45, 7) is 0. The Labute approximate surface area is 66.2 Å². The Hall–Kier alpha value is 0.202. The molecule has 0 saturated heterocycles. The van der Waals surface area contributed by atoms with Gasteiger partial charge in [0.15, 0.2) is 0 Å². The summed E-state index contributed by atoms with van der Waals surface area (Å²) in [5.41, 5.74) is 0. The van der Waals surface area contributed by atoms with Gasteiger partial charge in [0.05, 0.1) is 7.85 Å². The van der Waals surface area contributed by atoms with Gasteiger partial charge in [-0.2, -0.15) is 0 Å². The molecule has 0 aliphatic rings. The molecule has 0 rings (SSSR count). The van der Waals surface area contributed by atoms with Crippen molar-refractivity contribution in [1.29, 1.82) is 0 Å². The van der Waals surface area contributed by atoms with E-state index < -0.39 is 9.28 Å². The second kappa shape index (κ2) is 7.31. The minimum atomic E-state index is -1.28. The molecule has 0 spiro atoms. The lowest BCUT2D eigenvalue weighted by Crippen LogP contribution is -2.18. The molecule has 0 aliphatic carbocycles. The summed E-state index contributed by atoms with van der Waals surface area (Å²) in [7, 11) is 7.47. The molecule has 0 heterocycles. The molecule has 0 amide bonds. The van der Waals surface area contributed by atoms with Crippen LogP contribution in [0.25, 0.3) is 0 Å². The van der Waals surface area contributed by atoms with Gasteiger partial charge in [-0.05, 0) is 6.04 Å². The van der Waals surface area contributed by atoms with E-state index in [1.165, 1.54) is 0 Å². The molecule has 2 nitrogen and oxygen atoms in total. The summed E-state index contributed by atoms with van der Waals surface area (Å²) in [5, 5.41) is 0. The molecule has 4 heteroatoms. The summed E-state index contributed by atoms with van der Waals surface area (Å²) in [6.07, 6.45) is 2.99. The molecule has 0 aromatic rings. The van der Waals surface area contributed by atoms with Crippen molar-refractivity contribution in [3.63, 3.8) is 0 Å². The maximum absolute atomic E-state index is 5.33. The van der Waals surface area contributed by atoms with E-state index in [1.54, 1.807) is 14.2 Å². The Morgan fingerprint density at radius 2 is 1.80 bits per heavy atom. The number of rotatable bonds is 6. The van der Waals surface area contributed by atoms with Crippen molar-refractivity contribution in [1.82, 2.24) is 0 Å². The predicted octanol–water partition coefficient (Wildman–Crippen LogP) is 0.867. The molecular weight excluding hydrogens is 143 g/mol. The maximum Gasteiger partial charge on any atom is 0.320 e. The number of unbranched alkanes of at least 4 members (excludes halogenated alkanes) is 1. The van der Waals surface area contributed by atoms with Gasteiger partial charge in [0, 0.05) is 14.2 Å². The SMILES string of the molecule is [B]CCCC[SiH](OC)OC. The molecule has 0 atom stereocenters. The molecule has 0 unspecified atom stereocenters. The summed E-state index contributed by atoms with van der Waals surface area (Å²) >= 11 is 0. The molecule has 0 fully saturated rings. The van der Waals surface area contributed by atoms with Crippen LogP contribution in [0.2, 0.25) is 12.4 Å². The van der Waals surface area contributed by atoms with Gasteiger partial charge in [-0.25, -0.2) is 0 Å². The molecule has 0 N–H and O–H groups in total. The van der Waals surface area contributed by atoms with Crippen molar-refractivity contribution in [3.05, 3.63) is 0 Å². The van der Waals surface area contributed by atoms with E-state index in [0.29, 0.717) is 0 Å². The highest BCUT2D eigenvalue weighted by Gasteiger charge is 2.06. The van der Waals surface area contributed by atoms with Crippen LogP contribution in [0.5, 0.6) is 0 Å².